The van der Waals surface area contributed by atoms with Crippen LogP contribution in [-0.4, -0.2) is 204 Å². The molecule has 0 bridgehead atoms. The number of carbonyl (C=O) groups is 4. The average molecular weight is 1250 g/mol. The second kappa shape index (κ2) is 91.8. The van der Waals surface area contributed by atoms with E-state index in [1.807, 2.05) is 0 Å². The van der Waals surface area contributed by atoms with E-state index in [9.17, 15) is 60.0 Å². The van der Waals surface area contributed by atoms with Gasteiger partial charge in [0.1, 0.15) is 0 Å². The molecule has 0 amide bonds. The third kappa shape index (κ3) is 69.4. The number of carboxylic acid groups (broad SMARTS) is 4. The van der Waals surface area contributed by atoms with Gasteiger partial charge in [0, 0.05) is 98.1 Å². The standard InChI is InChI=1S/4C8H20N.2C4H4O6.6H2O.8O.4V/c4*1-5-9(6-2,7-3)8-4;2*5-1(3(7)8)2(6)4(9)10;;;;;;;;;;;;;;;;;;/h4*5-8H2,1-4H3;2*1-2H,(H,7,8)(H,9,10);6*1H2;;;;;;;;;;;;/q4*+1;2*-2;;;;;;;8*-2;;;;/p-4/t;;;;2*1-,2-;;;;;;;;;;;;;;;;;;/m....11................../s1. The largest absolute Gasteiger partial charge is 2.00 e. The van der Waals surface area contributed by atoms with Crippen LogP contribution in [-0.2, 0) is 137 Å². The van der Waals surface area contributed by atoms with Crippen molar-refractivity contribution in [2.24, 2.45) is 0 Å². The van der Waals surface area contributed by atoms with Crippen molar-refractivity contribution >= 4 is 23.9 Å². The van der Waals surface area contributed by atoms with E-state index in [2.05, 4.69) is 111 Å². The molecule has 4 atom stereocenters. The van der Waals surface area contributed by atoms with Crippen LogP contribution >= 0.6 is 0 Å². The molecule has 34 heteroatoms. The summed E-state index contributed by atoms with van der Waals surface area (Å²) in [5.74, 6) is -8.93. The third-order valence-electron chi connectivity index (χ3n) is 12.2. The minimum Gasteiger partial charge on any atom is -2.00 e. The zero-order valence-corrected chi connectivity index (χ0v) is 52.0. The van der Waals surface area contributed by atoms with E-state index in [0.29, 0.717) is 0 Å². The quantitative estimate of drug-likeness (QED) is 0.0913. The maximum absolute atomic E-state index is 9.97. The molecule has 12 N–H and O–H groups in total. The molecule has 0 heterocycles. The Bertz CT molecular complexity index is 796. The SMILES string of the molecule is CC[N+](CC)(CC)CC.CC[N+](CC)(CC)CC.CC[N+](CC)(CC)CC.CC[N+](CC)(CC)CC.O.O.O.O.O.O.O=C([O-])[C@H]([O-])[C@@H]([O-])C(=O)[O-].O=C([O-])[C@H]([O-])[C@@H]([O-])C(=O)[O-].[O-2].[O-2].[O-2].[O-2].[O-2].[O-2].[O-2].[O-2].[V].[V].[V].[V]. The van der Waals surface area contributed by atoms with Crippen molar-refractivity contribution in [3.05, 3.63) is 0 Å². The van der Waals surface area contributed by atoms with Gasteiger partial charge in [0.2, 0.25) is 0 Å². The summed E-state index contributed by atoms with van der Waals surface area (Å²) in [6.07, 6.45) is -11.2. The Balaban J connectivity index is -0.0000000176. The fourth-order valence-corrected chi connectivity index (χ4v) is 5.86. The molecule has 0 unspecified atom stereocenters. The number of hydrogen-bond donors (Lipinski definition) is 0. The molecule has 4 radical (unpaired) electrons. The van der Waals surface area contributed by atoms with Gasteiger partial charge in [-0.15, -0.1) is 0 Å². The van der Waals surface area contributed by atoms with Gasteiger partial charge in [-0.05, 0) is 111 Å². The van der Waals surface area contributed by atoms with Crippen LogP contribution in [0.1, 0.15) is 111 Å². The van der Waals surface area contributed by atoms with Gasteiger partial charge in [-0.1, -0.05) is 24.4 Å². The number of quaternary nitrogens is 4. The van der Waals surface area contributed by atoms with Gasteiger partial charge in [-0.25, -0.2) is 0 Å². The Kier molecular flexibility index (Phi) is 195. The van der Waals surface area contributed by atoms with Gasteiger partial charge in [0.15, 0.2) is 0 Å². The first-order valence-corrected chi connectivity index (χ1v) is 20.8. The molecule has 0 aliphatic heterocycles. The second-order valence-electron chi connectivity index (χ2n) is 13.4. The molecular weight excluding hydrogens is 1160 g/mol. The van der Waals surface area contributed by atoms with Gasteiger partial charge >= 0.3 is 0 Å². The Labute approximate surface area is 490 Å². The molecule has 74 heavy (non-hydrogen) atoms. The van der Waals surface area contributed by atoms with Gasteiger partial charge in [-0.3, -0.25) is 0 Å². The summed E-state index contributed by atoms with van der Waals surface area (Å²) in [5.41, 5.74) is 0. The van der Waals surface area contributed by atoms with Crippen LogP contribution in [0.15, 0.2) is 0 Å². The van der Waals surface area contributed by atoms with Crippen LogP contribution in [0.25, 0.3) is 0 Å². The molecule has 472 valence electrons. The molecule has 0 aliphatic rings. The summed E-state index contributed by atoms with van der Waals surface area (Å²) >= 11 is 0. The Hall–Kier alpha value is -0.662. The molecule has 0 aromatic carbocycles. The van der Waals surface area contributed by atoms with Gasteiger partial charge in [0.05, 0.1) is 105 Å². The Morgan fingerprint density at radius 2 is 0.297 bits per heavy atom. The van der Waals surface area contributed by atoms with Crippen molar-refractivity contribution in [3.63, 3.8) is 0 Å². The number of carboxylic acids is 4. The van der Waals surface area contributed by atoms with Gasteiger partial charge < -0.3 is 155 Å². The Morgan fingerprint density at radius 3 is 0.311 bits per heavy atom. The summed E-state index contributed by atoms with van der Waals surface area (Å²) in [7, 11) is 0. The van der Waals surface area contributed by atoms with Crippen LogP contribution in [0, 0.1) is 0 Å². The molecule has 0 aromatic heterocycles. The summed E-state index contributed by atoms with van der Waals surface area (Å²) in [4.78, 5) is 38.1. The van der Waals surface area contributed by atoms with E-state index in [0.717, 1.165) is 0 Å². The topological polar surface area (TPSA) is 670 Å². The first-order chi connectivity index (χ1) is 25.9. The summed E-state index contributed by atoms with van der Waals surface area (Å²) in [6, 6.07) is 0. The zero-order valence-electron chi connectivity index (χ0n) is 46.4. The van der Waals surface area contributed by atoms with E-state index < -0.39 is 48.3 Å². The molecular formula is C40H96N4O26V4-20. The second-order valence-corrected chi connectivity index (χ2v) is 13.4. The molecule has 30 nitrogen and oxygen atoms in total. The van der Waals surface area contributed by atoms with Crippen molar-refractivity contribution < 1.29 is 229 Å². The number of nitrogens with zero attached hydrogens (tertiary/aromatic N) is 4. The number of hydrogen-bond acceptors (Lipinski definition) is 12. The van der Waals surface area contributed by atoms with Crippen molar-refractivity contribution in [3.8, 4) is 0 Å². The molecule has 0 aliphatic carbocycles. The maximum atomic E-state index is 9.97. The number of rotatable bonds is 22. The average Bonchev–Trinajstić information content (AvgIpc) is 3.22. The van der Waals surface area contributed by atoms with Crippen molar-refractivity contribution in [2.45, 2.75) is 135 Å². The molecule has 0 fully saturated rings. The molecule has 0 saturated carbocycles. The Morgan fingerprint density at radius 1 is 0.243 bits per heavy atom. The molecule has 0 spiro atoms. The van der Waals surface area contributed by atoms with Gasteiger partial charge in [0.25, 0.3) is 0 Å². The summed E-state index contributed by atoms with van der Waals surface area (Å²) < 4.78 is 5.11. The minimum atomic E-state index is -2.80. The molecule has 0 saturated heterocycles. The van der Waals surface area contributed by atoms with Crippen LogP contribution in [0.4, 0.5) is 0 Å². The van der Waals surface area contributed by atoms with E-state index in [-0.39, 0.29) is 151 Å². The first kappa shape index (κ1) is 158. The van der Waals surface area contributed by atoms with Crippen molar-refractivity contribution in [1.29, 1.82) is 0 Å². The van der Waals surface area contributed by atoms with Gasteiger partial charge in [-0.2, -0.15) is 0 Å². The first-order valence-electron chi connectivity index (χ1n) is 20.8. The fourth-order valence-electron chi connectivity index (χ4n) is 5.86. The van der Waals surface area contributed by atoms with E-state index in [4.69, 9.17) is 0 Å². The number of aliphatic carboxylic acids is 4. The summed E-state index contributed by atoms with van der Waals surface area (Å²) in [6.45, 7) is 56.9. The maximum Gasteiger partial charge on any atom is 0.0757 e. The van der Waals surface area contributed by atoms with E-state index in [1.165, 1.54) is 123 Å². The predicted molar refractivity (Wildman–Crippen MR) is 232 cm³/mol. The monoisotopic (exact) mass is 1250 g/mol. The minimum absolute atomic E-state index is 0. The molecule has 0 aromatic rings. The van der Waals surface area contributed by atoms with Crippen LogP contribution in [0.2, 0.25) is 0 Å². The normalized spacial score (nSPS) is 10.1. The van der Waals surface area contributed by atoms with Crippen molar-refractivity contribution in [1.82, 2.24) is 0 Å². The third-order valence-corrected chi connectivity index (χ3v) is 12.2. The predicted octanol–water partition coefficient (Wildman–Crippen LogP) is -10.5. The van der Waals surface area contributed by atoms with Crippen LogP contribution in [0.5, 0.6) is 0 Å². The summed E-state index contributed by atoms with van der Waals surface area (Å²) in [5, 5.41) is 78.0. The van der Waals surface area contributed by atoms with E-state index >= 15 is 0 Å². The fraction of sp³-hybridized carbons (Fsp3) is 0.900. The van der Waals surface area contributed by atoms with Crippen molar-refractivity contribution in [2.75, 3.05) is 105 Å². The van der Waals surface area contributed by atoms with Crippen LogP contribution < -0.4 is 40.9 Å². The molecule has 0 rings (SSSR count). The number of carbonyl (C=O) groups excluding carboxylic acids is 4. The smallest absolute Gasteiger partial charge is 0.0757 e. The zero-order chi connectivity index (χ0) is 45.9. The van der Waals surface area contributed by atoms with Crippen LogP contribution in [0.3, 0.4) is 0 Å². The van der Waals surface area contributed by atoms with E-state index in [1.54, 1.807) is 0 Å².